The Labute approximate surface area is 146 Å². The van der Waals surface area contributed by atoms with E-state index < -0.39 is 0 Å². The van der Waals surface area contributed by atoms with Crippen LogP contribution in [0.4, 0.5) is 11.6 Å². The van der Waals surface area contributed by atoms with Crippen molar-refractivity contribution in [3.63, 3.8) is 0 Å². The molecular weight excluding hydrogens is 326 g/mol. The molecule has 1 aromatic heterocycles. The van der Waals surface area contributed by atoms with E-state index in [2.05, 4.69) is 27.2 Å². The number of rotatable bonds is 3. The lowest BCUT2D eigenvalue weighted by molar-refractivity contribution is 0.0658. The molecule has 1 aliphatic heterocycles. The van der Waals surface area contributed by atoms with Crippen LogP contribution in [0.25, 0.3) is 0 Å². The Hall–Kier alpha value is -2.18. The number of carbonyl (C=O) groups excluding carboxylic acids is 1. The molecule has 2 aromatic rings. The van der Waals surface area contributed by atoms with E-state index >= 15 is 0 Å². The third kappa shape index (κ3) is 3.83. The Morgan fingerprint density at radius 1 is 1.21 bits per heavy atom. The number of benzene rings is 1. The first-order chi connectivity index (χ1) is 11.5. The fraction of sp³-hybridized carbons (Fsp3) is 0.353. The Morgan fingerprint density at radius 3 is 2.67 bits per heavy atom. The highest BCUT2D eigenvalue weighted by Gasteiger charge is 2.21. The van der Waals surface area contributed by atoms with Crippen LogP contribution in [0.5, 0.6) is 0 Å². The van der Waals surface area contributed by atoms with Crippen molar-refractivity contribution in [3.05, 3.63) is 46.7 Å². The van der Waals surface area contributed by atoms with E-state index in [9.17, 15) is 4.79 Å². The minimum Gasteiger partial charge on any atom is -0.335 e. The number of anilines is 2. The molecule has 0 saturated carbocycles. The molecule has 1 aliphatic rings. The normalized spacial score (nSPS) is 15.4. The molecule has 126 valence electrons. The van der Waals surface area contributed by atoms with E-state index in [0.717, 1.165) is 37.4 Å². The number of halogens is 1. The molecule has 0 radical (unpaired) electrons. The number of aryl methyl sites for hydroxylation is 1. The van der Waals surface area contributed by atoms with Crippen LogP contribution < -0.4 is 5.32 Å². The van der Waals surface area contributed by atoms with Gasteiger partial charge in [0.1, 0.15) is 5.69 Å². The number of nitrogens with one attached hydrogen (secondary N) is 1. The van der Waals surface area contributed by atoms with Crippen molar-refractivity contribution >= 4 is 29.1 Å². The average molecular weight is 346 g/mol. The molecule has 0 aliphatic carbocycles. The minimum atomic E-state index is -0.0543. The Kier molecular flexibility index (Phi) is 4.97. The Morgan fingerprint density at radius 2 is 1.96 bits per heavy atom. The molecule has 0 spiro atoms. The lowest BCUT2D eigenvalue weighted by atomic mass is 10.2. The summed E-state index contributed by atoms with van der Waals surface area (Å²) in [6, 6.07) is 7.19. The zero-order valence-electron chi connectivity index (χ0n) is 13.8. The van der Waals surface area contributed by atoms with Crippen LogP contribution in [-0.4, -0.2) is 58.9 Å². The lowest BCUT2D eigenvalue weighted by Crippen LogP contribution is -2.47. The summed E-state index contributed by atoms with van der Waals surface area (Å²) in [4.78, 5) is 25.2. The van der Waals surface area contributed by atoms with Gasteiger partial charge in [0.05, 0.1) is 0 Å². The van der Waals surface area contributed by atoms with Gasteiger partial charge in [0.15, 0.2) is 0 Å². The number of piperazine rings is 1. The number of likely N-dealkylation sites (N-methyl/N-ethyl adjacent to an activating group) is 1. The molecule has 6 nitrogen and oxygen atoms in total. The van der Waals surface area contributed by atoms with Gasteiger partial charge in [0.2, 0.25) is 5.95 Å². The summed E-state index contributed by atoms with van der Waals surface area (Å²) in [7, 11) is 2.06. The van der Waals surface area contributed by atoms with Gasteiger partial charge in [-0.3, -0.25) is 4.79 Å². The first-order valence-corrected chi connectivity index (χ1v) is 8.25. The van der Waals surface area contributed by atoms with E-state index in [-0.39, 0.29) is 5.91 Å². The highest BCUT2D eigenvalue weighted by molar-refractivity contribution is 6.30. The van der Waals surface area contributed by atoms with Crippen LogP contribution in [0.15, 0.2) is 30.5 Å². The summed E-state index contributed by atoms with van der Waals surface area (Å²) >= 11 is 5.97. The van der Waals surface area contributed by atoms with Gasteiger partial charge in [-0.2, -0.15) is 0 Å². The summed E-state index contributed by atoms with van der Waals surface area (Å²) < 4.78 is 0. The average Bonchev–Trinajstić information content (AvgIpc) is 2.58. The van der Waals surface area contributed by atoms with Gasteiger partial charge >= 0.3 is 0 Å². The van der Waals surface area contributed by atoms with Crippen molar-refractivity contribution in [2.45, 2.75) is 6.92 Å². The zero-order chi connectivity index (χ0) is 17.1. The molecule has 1 saturated heterocycles. The second kappa shape index (κ2) is 7.15. The van der Waals surface area contributed by atoms with E-state index in [1.54, 1.807) is 18.3 Å². The third-order valence-electron chi connectivity index (χ3n) is 4.10. The van der Waals surface area contributed by atoms with Gasteiger partial charge in [0, 0.05) is 43.1 Å². The van der Waals surface area contributed by atoms with E-state index in [1.165, 1.54) is 0 Å². The number of aromatic nitrogens is 2. The van der Waals surface area contributed by atoms with Crippen molar-refractivity contribution in [2.75, 3.05) is 38.5 Å². The number of nitrogens with zero attached hydrogens (tertiary/aromatic N) is 4. The van der Waals surface area contributed by atoms with Gasteiger partial charge in [-0.25, -0.2) is 9.97 Å². The summed E-state index contributed by atoms with van der Waals surface area (Å²) in [6.07, 6.45) is 1.60. The van der Waals surface area contributed by atoms with Crippen LogP contribution in [0.1, 0.15) is 16.1 Å². The summed E-state index contributed by atoms with van der Waals surface area (Å²) in [5.74, 6) is 0.349. The van der Waals surface area contributed by atoms with Gasteiger partial charge in [-0.1, -0.05) is 11.6 Å². The second-order valence-electron chi connectivity index (χ2n) is 5.95. The Balaban J connectivity index is 1.75. The molecule has 0 unspecified atom stereocenters. The van der Waals surface area contributed by atoms with Crippen LogP contribution in [-0.2, 0) is 0 Å². The second-order valence-corrected chi connectivity index (χ2v) is 6.38. The first-order valence-electron chi connectivity index (χ1n) is 7.87. The molecule has 7 heteroatoms. The monoisotopic (exact) mass is 345 g/mol. The molecule has 0 bridgehead atoms. The largest absolute Gasteiger partial charge is 0.335 e. The van der Waals surface area contributed by atoms with E-state index in [0.29, 0.717) is 16.7 Å². The predicted octanol–water partition coefficient (Wildman–Crippen LogP) is 2.57. The van der Waals surface area contributed by atoms with Crippen LogP contribution >= 0.6 is 11.6 Å². The predicted molar refractivity (Wildman–Crippen MR) is 94.9 cm³/mol. The maximum absolute atomic E-state index is 12.6. The molecule has 2 heterocycles. The smallest absolute Gasteiger partial charge is 0.272 e. The van der Waals surface area contributed by atoms with E-state index in [4.69, 9.17) is 11.6 Å². The van der Waals surface area contributed by atoms with Crippen molar-refractivity contribution in [1.82, 2.24) is 19.8 Å². The lowest BCUT2D eigenvalue weighted by Gasteiger charge is -2.32. The van der Waals surface area contributed by atoms with Gasteiger partial charge in [0.25, 0.3) is 5.91 Å². The quantitative estimate of drug-likeness (QED) is 0.926. The maximum Gasteiger partial charge on any atom is 0.272 e. The molecule has 1 fully saturated rings. The summed E-state index contributed by atoms with van der Waals surface area (Å²) in [6.45, 7) is 5.15. The zero-order valence-corrected chi connectivity index (χ0v) is 14.5. The standard InChI is InChI=1S/C17H20ClN5O/c1-12-11-13(18)3-4-14(12)20-17-19-6-5-15(21-17)16(24)23-9-7-22(2)8-10-23/h3-6,11H,7-10H2,1-2H3,(H,19,20,21). The van der Waals surface area contributed by atoms with Gasteiger partial charge < -0.3 is 15.1 Å². The Bertz CT molecular complexity index is 744. The molecular formula is C17H20ClN5O. The van der Waals surface area contributed by atoms with Crippen molar-refractivity contribution < 1.29 is 4.79 Å². The molecule has 1 N–H and O–H groups in total. The summed E-state index contributed by atoms with van der Waals surface area (Å²) in [5, 5.41) is 3.82. The number of carbonyl (C=O) groups is 1. The van der Waals surface area contributed by atoms with Crippen molar-refractivity contribution in [2.24, 2.45) is 0 Å². The first kappa shape index (κ1) is 16.7. The number of hydrogen-bond acceptors (Lipinski definition) is 5. The van der Waals surface area contributed by atoms with Gasteiger partial charge in [-0.15, -0.1) is 0 Å². The van der Waals surface area contributed by atoms with Crippen LogP contribution in [0.3, 0.4) is 0 Å². The summed E-state index contributed by atoms with van der Waals surface area (Å²) in [5.41, 5.74) is 2.26. The van der Waals surface area contributed by atoms with E-state index in [1.807, 2.05) is 24.0 Å². The highest BCUT2D eigenvalue weighted by atomic mass is 35.5. The minimum absolute atomic E-state index is 0.0543. The fourth-order valence-corrected chi connectivity index (χ4v) is 2.82. The molecule has 3 rings (SSSR count). The van der Waals surface area contributed by atoms with Crippen molar-refractivity contribution in [3.8, 4) is 0 Å². The molecule has 24 heavy (non-hydrogen) atoms. The van der Waals surface area contributed by atoms with Crippen LogP contribution in [0.2, 0.25) is 5.02 Å². The SMILES string of the molecule is Cc1cc(Cl)ccc1Nc1nccc(C(=O)N2CCN(C)CC2)n1. The highest BCUT2D eigenvalue weighted by Crippen LogP contribution is 2.22. The number of hydrogen-bond donors (Lipinski definition) is 1. The molecule has 0 atom stereocenters. The van der Waals surface area contributed by atoms with Crippen molar-refractivity contribution in [1.29, 1.82) is 0 Å². The fourth-order valence-electron chi connectivity index (χ4n) is 2.60. The van der Waals surface area contributed by atoms with Gasteiger partial charge in [-0.05, 0) is 43.8 Å². The molecule has 1 amide bonds. The molecule has 1 aromatic carbocycles. The maximum atomic E-state index is 12.6. The topological polar surface area (TPSA) is 61.4 Å². The third-order valence-corrected chi connectivity index (χ3v) is 4.34. The number of amides is 1. The van der Waals surface area contributed by atoms with Crippen LogP contribution in [0, 0.1) is 6.92 Å².